The third kappa shape index (κ3) is 6.19. The number of nitrogens with zero attached hydrogens (tertiary/aromatic N) is 2. The summed E-state index contributed by atoms with van der Waals surface area (Å²) in [5.41, 5.74) is 4.21. The van der Waals surface area contributed by atoms with E-state index in [1.165, 1.54) is 11.3 Å². The predicted molar refractivity (Wildman–Crippen MR) is 151 cm³/mol. The lowest BCUT2D eigenvalue weighted by molar-refractivity contribution is 0.0674. The van der Waals surface area contributed by atoms with Gasteiger partial charge in [0.25, 0.3) is 11.8 Å². The van der Waals surface area contributed by atoms with Crippen LogP contribution in [0.25, 0.3) is 0 Å². The fraction of sp³-hybridized carbons (Fsp3) is 0.200. The van der Waals surface area contributed by atoms with E-state index in [4.69, 9.17) is 4.74 Å². The van der Waals surface area contributed by atoms with Gasteiger partial charge in [-0.15, -0.1) is 11.3 Å². The van der Waals surface area contributed by atoms with Crippen LogP contribution in [0.1, 0.15) is 44.1 Å². The number of benzene rings is 3. The molecular weight excluding hydrogens is 482 g/mol. The van der Waals surface area contributed by atoms with Crippen molar-refractivity contribution in [3.8, 4) is 5.75 Å². The summed E-state index contributed by atoms with van der Waals surface area (Å²) in [6.45, 7) is 2.39. The maximum absolute atomic E-state index is 13.9. The molecule has 0 radical (unpaired) electrons. The first-order chi connectivity index (χ1) is 17.9. The van der Waals surface area contributed by atoms with E-state index in [0.29, 0.717) is 28.4 Å². The van der Waals surface area contributed by atoms with Crippen molar-refractivity contribution in [1.82, 2.24) is 4.90 Å². The van der Waals surface area contributed by atoms with Crippen LogP contribution in [0.3, 0.4) is 0 Å². The zero-order valence-corrected chi connectivity index (χ0v) is 22.3. The van der Waals surface area contributed by atoms with E-state index in [-0.39, 0.29) is 17.9 Å². The zero-order valence-electron chi connectivity index (χ0n) is 21.5. The topological polar surface area (TPSA) is 61.9 Å². The van der Waals surface area contributed by atoms with E-state index in [0.717, 1.165) is 16.8 Å². The number of carbonyl (C=O) groups excluding carboxylic acids is 2. The number of nitrogens with one attached hydrogen (secondary N) is 1. The quantitative estimate of drug-likeness (QED) is 0.278. The van der Waals surface area contributed by atoms with Crippen molar-refractivity contribution in [3.05, 3.63) is 112 Å². The molecule has 0 aliphatic carbocycles. The number of carbonyl (C=O) groups is 2. The highest BCUT2D eigenvalue weighted by molar-refractivity contribution is 7.12. The molecule has 1 aromatic heterocycles. The average molecular weight is 514 g/mol. The molecule has 1 atom stereocenters. The monoisotopic (exact) mass is 513 g/mol. The van der Waals surface area contributed by atoms with Crippen LogP contribution >= 0.6 is 11.3 Å². The molecule has 7 heteroatoms. The molecule has 4 aromatic rings. The first-order valence-electron chi connectivity index (χ1n) is 12.0. The minimum absolute atomic E-state index is 0.0864. The van der Waals surface area contributed by atoms with Crippen LogP contribution in [0.5, 0.6) is 5.75 Å². The molecule has 0 unspecified atom stereocenters. The van der Waals surface area contributed by atoms with Crippen molar-refractivity contribution in [2.45, 2.75) is 19.5 Å². The number of methoxy groups -OCH3 is 1. The smallest absolute Gasteiger partial charge is 0.265 e. The minimum atomic E-state index is -0.185. The third-order valence-electron chi connectivity index (χ3n) is 6.25. The molecule has 0 fully saturated rings. The van der Waals surface area contributed by atoms with Crippen molar-refractivity contribution in [3.63, 3.8) is 0 Å². The molecule has 0 aliphatic heterocycles. The van der Waals surface area contributed by atoms with Gasteiger partial charge in [0.2, 0.25) is 0 Å². The van der Waals surface area contributed by atoms with Gasteiger partial charge in [-0.1, -0.05) is 36.4 Å². The van der Waals surface area contributed by atoms with Crippen LogP contribution in [0, 0.1) is 0 Å². The fourth-order valence-electron chi connectivity index (χ4n) is 4.21. The van der Waals surface area contributed by atoms with Crippen LogP contribution in [0.2, 0.25) is 0 Å². The van der Waals surface area contributed by atoms with Crippen molar-refractivity contribution < 1.29 is 14.3 Å². The van der Waals surface area contributed by atoms with Gasteiger partial charge in [-0.3, -0.25) is 9.59 Å². The first-order valence-corrected chi connectivity index (χ1v) is 12.9. The standard InChI is InChI=1S/C30H31N3O3S/c1-21(22-9-6-5-7-10-22)33(30(35)23-12-15-26(36-4)16-13-23)20-24-19-25(14-17-27(24)32(2)3)31-29(34)28-11-8-18-37-28/h5-19,21H,20H2,1-4H3,(H,31,34)/t21-/m0/s1. The molecule has 37 heavy (non-hydrogen) atoms. The summed E-state index contributed by atoms with van der Waals surface area (Å²) in [6.07, 6.45) is 0. The molecule has 1 heterocycles. The first kappa shape index (κ1) is 26.0. The van der Waals surface area contributed by atoms with Gasteiger partial charge in [0, 0.05) is 37.6 Å². The Bertz CT molecular complexity index is 1340. The van der Waals surface area contributed by atoms with Crippen LogP contribution < -0.4 is 15.0 Å². The van der Waals surface area contributed by atoms with Crippen LogP contribution in [0.15, 0.2) is 90.3 Å². The Morgan fingerprint density at radius 3 is 2.30 bits per heavy atom. The van der Waals surface area contributed by atoms with Gasteiger partial charge in [0.1, 0.15) is 5.75 Å². The van der Waals surface area contributed by atoms with E-state index in [2.05, 4.69) is 5.32 Å². The number of rotatable bonds is 9. The molecule has 0 saturated heterocycles. The Morgan fingerprint density at radius 1 is 0.946 bits per heavy atom. The second-order valence-electron chi connectivity index (χ2n) is 8.92. The molecule has 0 spiro atoms. The molecule has 4 rings (SSSR count). The normalized spacial score (nSPS) is 11.5. The number of thiophene rings is 1. The summed E-state index contributed by atoms with van der Waals surface area (Å²) in [5, 5.41) is 4.87. The Kier molecular flexibility index (Phi) is 8.25. The Hall–Kier alpha value is -4.10. The summed E-state index contributed by atoms with van der Waals surface area (Å²) < 4.78 is 5.27. The minimum Gasteiger partial charge on any atom is -0.497 e. The zero-order chi connectivity index (χ0) is 26.4. The van der Waals surface area contributed by atoms with E-state index in [1.807, 2.05) is 90.8 Å². The van der Waals surface area contributed by atoms with Gasteiger partial charge in [-0.2, -0.15) is 0 Å². The molecular formula is C30H31N3O3S. The summed E-state index contributed by atoms with van der Waals surface area (Å²) in [7, 11) is 5.55. The van der Waals surface area contributed by atoms with Crippen LogP contribution in [-0.2, 0) is 6.54 Å². The number of anilines is 2. The molecule has 6 nitrogen and oxygen atoms in total. The van der Waals surface area contributed by atoms with Crippen molar-refractivity contribution in [2.24, 2.45) is 0 Å². The lowest BCUT2D eigenvalue weighted by Crippen LogP contribution is -2.33. The van der Waals surface area contributed by atoms with E-state index < -0.39 is 0 Å². The number of hydrogen-bond donors (Lipinski definition) is 1. The SMILES string of the molecule is COc1ccc(C(=O)N(Cc2cc(NC(=O)c3cccs3)ccc2N(C)C)[C@@H](C)c2ccccc2)cc1. The fourth-order valence-corrected chi connectivity index (χ4v) is 4.82. The second kappa shape index (κ2) is 11.8. The van der Waals surface area contributed by atoms with Gasteiger partial charge >= 0.3 is 0 Å². The molecule has 3 aromatic carbocycles. The van der Waals surface area contributed by atoms with Crippen molar-refractivity contribution in [2.75, 3.05) is 31.4 Å². The third-order valence-corrected chi connectivity index (χ3v) is 7.12. The average Bonchev–Trinajstić information content (AvgIpc) is 3.47. The predicted octanol–water partition coefficient (Wildman–Crippen LogP) is 6.48. The molecule has 2 amide bonds. The van der Waals surface area contributed by atoms with Gasteiger partial charge in [-0.25, -0.2) is 0 Å². The lowest BCUT2D eigenvalue weighted by Gasteiger charge is -2.32. The highest BCUT2D eigenvalue weighted by Gasteiger charge is 2.25. The Labute approximate surface area is 222 Å². The number of ether oxygens (including phenoxy) is 1. The molecule has 0 aliphatic rings. The molecule has 1 N–H and O–H groups in total. The summed E-state index contributed by atoms with van der Waals surface area (Å²) >= 11 is 1.40. The van der Waals surface area contributed by atoms with Gasteiger partial charge in [0.05, 0.1) is 18.0 Å². The number of amides is 2. The molecule has 0 saturated carbocycles. The maximum Gasteiger partial charge on any atom is 0.265 e. The van der Waals surface area contributed by atoms with Crippen LogP contribution in [-0.4, -0.2) is 37.9 Å². The second-order valence-corrected chi connectivity index (χ2v) is 9.87. The van der Waals surface area contributed by atoms with Gasteiger partial charge < -0.3 is 19.9 Å². The largest absolute Gasteiger partial charge is 0.497 e. The number of hydrogen-bond acceptors (Lipinski definition) is 5. The summed E-state index contributed by atoms with van der Waals surface area (Å²) in [5.74, 6) is 0.461. The summed E-state index contributed by atoms with van der Waals surface area (Å²) in [4.78, 5) is 31.1. The highest BCUT2D eigenvalue weighted by atomic mass is 32.1. The van der Waals surface area contributed by atoms with E-state index in [9.17, 15) is 9.59 Å². The van der Waals surface area contributed by atoms with Crippen molar-refractivity contribution in [1.29, 1.82) is 0 Å². The Morgan fingerprint density at radius 2 is 1.68 bits per heavy atom. The molecule has 190 valence electrons. The molecule has 0 bridgehead atoms. The van der Waals surface area contributed by atoms with Gasteiger partial charge in [0.15, 0.2) is 0 Å². The van der Waals surface area contributed by atoms with Crippen molar-refractivity contribution >= 4 is 34.5 Å². The lowest BCUT2D eigenvalue weighted by atomic mass is 10.0. The van der Waals surface area contributed by atoms with Crippen LogP contribution in [0.4, 0.5) is 11.4 Å². The summed E-state index contributed by atoms with van der Waals surface area (Å²) in [6, 6.07) is 26.4. The van der Waals surface area contributed by atoms with Gasteiger partial charge in [-0.05, 0) is 72.0 Å². The van der Waals surface area contributed by atoms with E-state index >= 15 is 0 Å². The maximum atomic E-state index is 13.9. The highest BCUT2D eigenvalue weighted by Crippen LogP contribution is 2.30. The van der Waals surface area contributed by atoms with E-state index in [1.54, 1.807) is 37.4 Å². The Balaban J connectivity index is 1.70.